The van der Waals surface area contributed by atoms with Gasteiger partial charge in [0, 0.05) is 6.20 Å². The lowest BCUT2D eigenvalue weighted by atomic mass is 10.2. The van der Waals surface area contributed by atoms with Crippen LogP contribution in [0.15, 0.2) is 36.4 Å². The lowest BCUT2D eigenvalue weighted by Crippen LogP contribution is -2.57. The van der Waals surface area contributed by atoms with Crippen LogP contribution in [0.4, 0.5) is 0 Å². The molecular weight excluding hydrogens is 276 g/mol. The molecular formula is C13H16N4O4. The van der Waals surface area contributed by atoms with Gasteiger partial charge in [0.25, 0.3) is 6.20 Å². The topological polar surface area (TPSA) is 89.8 Å². The number of nitrogens with zero attached hydrogens (tertiary/aromatic N) is 3. The monoisotopic (exact) mass is 292 g/mol. The normalized spacial score (nSPS) is 22.5. The molecule has 1 spiro atoms. The maximum absolute atomic E-state index is 10.8. The molecule has 0 bridgehead atoms. The van der Waals surface area contributed by atoms with E-state index in [4.69, 9.17) is 9.47 Å². The highest BCUT2D eigenvalue weighted by Gasteiger charge is 2.43. The first kappa shape index (κ1) is 13.8. The fourth-order valence-corrected chi connectivity index (χ4v) is 2.51. The summed E-state index contributed by atoms with van der Waals surface area (Å²) in [6.07, 6.45) is 2.66. The largest absolute Gasteiger partial charge is 0.361 e. The molecule has 1 aromatic heterocycles. The SMILES string of the molecule is O=[N+]([O-])/C=C1\NCC2(CN1Cc1ccccn1)OCCO2. The predicted molar refractivity (Wildman–Crippen MR) is 72.4 cm³/mol. The zero-order valence-electron chi connectivity index (χ0n) is 11.4. The van der Waals surface area contributed by atoms with E-state index in [9.17, 15) is 10.1 Å². The Morgan fingerprint density at radius 3 is 2.95 bits per heavy atom. The van der Waals surface area contributed by atoms with Crippen LogP contribution in [0.3, 0.4) is 0 Å². The number of hydrogen-bond acceptors (Lipinski definition) is 7. The van der Waals surface area contributed by atoms with E-state index in [1.807, 2.05) is 23.1 Å². The van der Waals surface area contributed by atoms with Gasteiger partial charge in [-0.05, 0) is 12.1 Å². The Labute approximate surface area is 121 Å². The van der Waals surface area contributed by atoms with Crippen LogP contribution in [0, 0.1) is 10.1 Å². The molecule has 2 saturated heterocycles. The molecule has 1 N–H and O–H groups in total. The van der Waals surface area contributed by atoms with Crippen molar-refractivity contribution >= 4 is 0 Å². The number of hydrogen-bond donors (Lipinski definition) is 1. The molecule has 8 nitrogen and oxygen atoms in total. The Balaban J connectivity index is 1.81. The Hall–Kier alpha value is -2.19. The minimum Gasteiger partial charge on any atom is -0.361 e. The molecule has 8 heteroatoms. The summed E-state index contributed by atoms with van der Waals surface area (Å²) in [7, 11) is 0. The molecule has 2 aliphatic rings. The summed E-state index contributed by atoms with van der Waals surface area (Å²) in [6, 6.07) is 5.59. The van der Waals surface area contributed by atoms with Crippen LogP contribution in [0.25, 0.3) is 0 Å². The van der Waals surface area contributed by atoms with E-state index < -0.39 is 10.7 Å². The van der Waals surface area contributed by atoms with E-state index in [0.717, 1.165) is 11.9 Å². The number of aromatic nitrogens is 1. The van der Waals surface area contributed by atoms with E-state index in [2.05, 4.69) is 10.3 Å². The third kappa shape index (κ3) is 3.11. The Morgan fingerprint density at radius 2 is 2.29 bits per heavy atom. The summed E-state index contributed by atoms with van der Waals surface area (Å²) >= 11 is 0. The van der Waals surface area contributed by atoms with Crippen molar-refractivity contribution in [3.8, 4) is 0 Å². The molecule has 0 amide bonds. The minimum atomic E-state index is -0.733. The smallest absolute Gasteiger partial charge is 0.274 e. The number of pyridine rings is 1. The Kier molecular flexibility index (Phi) is 3.72. The van der Waals surface area contributed by atoms with Crippen LogP contribution in [0.2, 0.25) is 0 Å². The van der Waals surface area contributed by atoms with Crippen LogP contribution in [0.5, 0.6) is 0 Å². The maximum atomic E-state index is 10.8. The van der Waals surface area contributed by atoms with Crippen LogP contribution in [-0.4, -0.2) is 46.9 Å². The second kappa shape index (κ2) is 5.66. The van der Waals surface area contributed by atoms with Gasteiger partial charge in [0.15, 0.2) is 5.82 Å². The number of rotatable bonds is 3. The van der Waals surface area contributed by atoms with Gasteiger partial charge in [0.05, 0.1) is 43.5 Å². The molecule has 0 saturated carbocycles. The highest BCUT2D eigenvalue weighted by atomic mass is 16.7. The number of nitro groups is 1. The first-order chi connectivity index (χ1) is 10.2. The van der Waals surface area contributed by atoms with Gasteiger partial charge in [-0.3, -0.25) is 15.1 Å². The average Bonchev–Trinajstić information content (AvgIpc) is 2.91. The van der Waals surface area contributed by atoms with Gasteiger partial charge in [0.2, 0.25) is 5.79 Å². The van der Waals surface area contributed by atoms with Crippen molar-refractivity contribution in [1.82, 2.24) is 15.2 Å². The molecule has 112 valence electrons. The van der Waals surface area contributed by atoms with Gasteiger partial charge < -0.3 is 19.7 Å². The van der Waals surface area contributed by atoms with Crippen LogP contribution in [-0.2, 0) is 16.0 Å². The van der Waals surface area contributed by atoms with Crippen molar-refractivity contribution < 1.29 is 14.4 Å². The summed E-state index contributed by atoms with van der Waals surface area (Å²) in [4.78, 5) is 16.4. The quantitative estimate of drug-likeness (QED) is 0.633. The standard InChI is InChI=1S/C13H16N4O4/c18-17(19)8-12-15-9-13(20-5-6-21-13)10-16(12)7-11-3-1-2-4-14-11/h1-4,8,15H,5-7,9-10H2/b12-8+. The average molecular weight is 292 g/mol. The fourth-order valence-electron chi connectivity index (χ4n) is 2.51. The fraction of sp³-hybridized carbons (Fsp3) is 0.462. The van der Waals surface area contributed by atoms with E-state index >= 15 is 0 Å². The first-order valence-corrected chi connectivity index (χ1v) is 6.69. The molecule has 0 aromatic carbocycles. The van der Waals surface area contributed by atoms with Gasteiger partial charge in [-0.25, -0.2) is 0 Å². The molecule has 1 aromatic rings. The predicted octanol–water partition coefficient (Wildman–Crippen LogP) is 0.305. The zero-order chi connectivity index (χ0) is 14.7. The maximum Gasteiger partial charge on any atom is 0.274 e. The second-order valence-corrected chi connectivity index (χ2v) is 4.94. The molecule has 0 unspecified atom stereocenters. The highest BCUT2D eigenvalue weighted by Crippen LogP contribution is 2.26. The Morgan fingerprint density at radius 1 is 1.48 bits per heavy atom. The van der Waals surface area contributed by atoms with E-state index in [-0.39, 0.29) is 0 Å². The summed E-state index contributed by atoms with van der Waals surface area (Å²) in [6.45, 7) is 2.34. The lowest BCUT2D eigenvalue weighted by Gasteiger charge is -2.40. The molecule has 2 aliphatic heterocycles. The van der Waals surface area contributed by atoms with E-state index in [1.54, 1.807) is 6.20 Å². The van der Waals surface area contributed by atoms with Gasteiger partial charge in [-0.2, -0.15) is 0 Å². The summed E-state index contributed by atoms with van der Waals surface area (Å²) in [5.74, 6) is -0.293. The number of nitrogens with one attached hydrogen (secondary N) is 1. The van der Waals surface area contributed by atoms with Crippen molar-refractivity contribution in [1.29, 1.82) is 0 Å². The third-order valence-electron chi connectivity index (χ3n) is 3.43. The van der Waals surface area contributed by atoms with E-state index in [0.29, 0.717) is 38.7 Å². The molecule has 3 rings (SSSR count). The Bertz CT molecular complexity index is 542. The zero-order valence-corrected chi connectivity index (χ0v) is 11.4. The molecule has 0 radical (unpaired) electrons. The van der Waals surface area contributed by atoms with Crippen LogP contribution in [0.1, 0.15) is 5.69 Å². The summed E-state index contributed by atoms with van der Waals surface area (Å²) in [5, 5.41) is 13.8. The molecule has 0 atom stereocenters. The third-order valence-corrected chi connectivity index (χ3v) is 3.43. The van der Waals surface area contributed by atoms with E-state index in [1.165, 1.54) is 0 Å². The summed E-state index contributed by atoms with van der Waals surface area (Å²) < 4.78 is 11.3. The van der Waals surface area contributed by atoms with Crippen molar-refractivity contribution in [2.45, 2.75) is 12.3 Å². The summed E-state index contributed by atoms with van der Waals surface area (Å²) in [5.41, 5.74) is 0.823. The highest BCUT2D eigenvalue weighted by molar-refractivity contribution is 5.09. The van der Waals surface area contributed by atoms with Crippen LogP contribution >= 0.6 is 0 Å². The second-order valence-electron chi connectivity index (χ2n) is 4.94. The molecule has 21 heavy (non-hydrogen) atoms. The minimum absolute atomic E-state index is 0.394. The molecule has 0 aliphatic carbocycles. The van der Waals surface area contributed by atoms with Crippen LogP contribution < -0.4 is 5.32 Å². The molecule has 3 heterocycles. The van der Waals surface area contributed by atoms with Crippen molar-refractivity contribution in [2.75, 3.05) is 26.3 Å². The van der Waals surface area contributed by atoms with Gasteiger partial charge in [0.1, 0.15) is 0 Å². The van der Waals surface area contributed by atoms with Gasteiger partial charge in [-0.1, -0.05) is 6.07 Å². The lowest BCUT2D eigenvalue weighted by molar-refractivity contribution is -0.405. The van der Waals surface area contributed by atoms with Gasteiger partial charge in [-0.15, -0.1) is 0 Å². The first-order valence-electron chi connectivity index (χ1n) is 6.69. The van der Waals surface area contributed by atoms with Crippen molar-refractivity contribution in [3.05, 3.63) is 52.2 Å². The number of ether oxygens (including phenoxy) is 2. The van der Waals surface area contributed by atoms with Crippen molar-refractivity contribution in [2.24, 2.45) is 0 Å². The van der Waals surface area contributed by atoms with Gasteiger partial charge >= 0.3 is 0 Å². The van der Waals surface area contributed by atoms with Crippen molar-refractivity contribution in [3.63, 3.8) is 0 Å². The molecule has 2 fully saturated rings.